The molecular weight excluding hydrogens is 268 g/mol. The van der Waals surface area contributed by atoms with Crippen molar-refractivity contribution in [3.8, 4) is 11.5 Å². The summed E-state index contributed by atoms with van der Waals surface area (Å²) in [6.07, 6.45) is 2.77. The normalized spacial score (nSPS) is 15.7. The molecule has 1 heterocycles. The maximum absolute atomic E-state index is 12.3. The standard InChI is InChI=1S/C16H24N2O3/c1-18(16(20)10-12-5-7-17-8-6-12)11-13-3-4-14(19)15(9-13)21-2/h3-4,9,12,17,19H,5-8,10-11H2,1-2H3. The van der Waals surface area contributed by atoms with Crippen molar-refractivity contribution >= 4 is 5.91 Å². The first-order chi connectivity index (χ1) is 10.1. The lowest BCUT2D eigenvalue weighted by Gasteiger charge is -2.25. The summed E-state index contributed by atoms with van der Waals surface area (Å²) in [5.41, 5.74) is 0.950. The van der Waals surface area contributed by atoms with E-state index in [9.17, 15) is 9.90 Å². The maximum Gasteiger partial charge on any atom is 0.222 e. The molecule has 0 saturated carbocycles. The summed E-state index contributed by atoms with van der Waals surface area (Å²) >= 11 is 0. The van der Waals surface area contributed by atoms with Gasteiger partial charge in [-0.25, -0.2) is 0 Å². The summed E-state index contributed by atoms with van der Waals surface area (Å²) < 4.78 is 5.09. The van der Waals surface area contributed by atoms with Gasteiger partial charge in [0.1, 0.15) is 0 Å². The maximum atomic E-state index is 12.3. The van der Waals surface area contributed by atoms with Gasteiger partial charge < -0.3 is 20.1 Å². The molecule has 1 saturated heterocycles. The van der Waals surface area contributed by atoms with Crippen LogP contribution in [-0.2, 0) is 11.3 Å². The summed E-state index contributed by atoms with van der Waals surface area (Å²) in [5.74, 6) is 1.22. The fourth-order valence-corrected chi connectivity index (χ4v) is 2.67. The Labute approximate surface area is 125 Å². The lowest BCUT2D eigenvalue weighted by molar-refractivity contribution is -0.131. The predicted octanol–water partition coefficient (Wildman–Crippen LogP) is 1.75. The van der Waals surface area contributed by atoms with Crippen molar-refractivity contribution in [3.05, 3.63) is 23.8 Å². The Kier molecular flexibility index (Phi) is 5.44. The van der Waals surface area contributed by atoms with Crippen molar-refractivity contribution in [1.29, 1.82) is 0 Å². The van der Waals surface area contributed by atoms with Gasteiger partial charge in [-0.1, -0.05) is 6.07 Å². The third kappa shape index (κ3) is 4.36. The van der Waals surface area contributed by atoms with Gasteiger partial charge in [-0.3, -0.25) is 4.79 Å². The number of phenols is 1. The molecule has 2 N–H and O–H groups in total. The molecule has 116 valence electrons. The molecule has 0 atom stereocenters. The third-order valence-electron chi connectivity index (χ3n) is 4.01. The second-order valence-corrected chi connectivity index (χ2v) is 5.65. The van der Waals surface area contributed by atoms with E-state index in [-0.39, 0.29) is 11.7 Å². The number of nitrogens with one attached hydrogen (secondary N) is 1. The molecule has 0 aliphatic carbocycles. The van der Waals surface area contributed by atoms with E-state index in [2.05, 4.69) is 5.32 Å². The molecule has 1 aromatic carbocycles. The molecule has 0 bridgehead atoms. The zero-order valence-electron chi connectivity index (χ0n) is 12.8. The van der Waals surface area contributed by atoms with E-state index >= 15 is 0 Å². The molecule has 1 aliphatic rings. The Balaban J connectivity index is 1.90. The summed E-state index contributed by atoms with van der Waals surface area (Å²) in [6, 6.07) is 5.18. The van der Waals surface area contributed by atoms with Crippen molar-refractivity contribution in [3.63, 3.8) is 0 Å². The second-order valence-electron chi connectivity index (χ2n) is 5.65. The van der Waals surface area contributed by atoms with Crippen LogP contribution in [-0.4, -0.2) is 43.2 Å². The number of hydrogen-bond acceptors (Lipinski definition) is 4. The number of carbonyl (C=O) groups excluding carboxylic acids is 1. The molecule has 1 aromatic rings. The zero-order chi connectivity index (χ0) is 15.2. The fraction of sp³-hybridized carbons (Fsp3) is 0.562. The van der Waals surface area contributed by atoms with Gasteiger partial charge >= 0.3 is 0 Å². The number of rotatable bonds is 5. The van der Waals surface area contributed by atoms with E-state index < -0.39 is 0 Å². The molecule has 0 spiro atoms. The molecular formula is C16H24N2O3. The highest BCUT2D eigenvalue weighted by Gasteiger charge is 2.19. The molecule has 21 heavy (non-hydrogen) atoms. The molecule has 5 nitrogen and oxygen atoms in total. The minimum absolute atomic E-state index is 0.116. The number of benzene rings is 1. The van der Waals surface area contributed by atoms with Crippen LogP contribution in [0.4, 0.5) is 0 Å². The van der Waals surface area contributed by atoms with Crippen molar-refractivity contribution in [2.24, 2.45) is 5.92 Å². The molecule has 2 rings (SSSR count). The zero-order valence-corrected chi connectivity index (χ0v) is 12.8. The number of amides is 1. The Morgan fingerprint density at radius 1 is 1.43 bits per heavy atom. The molecule has 0 unspecified atom stereocenters. The molecule has 5 heteroatoms. The van der Waals surface area contributed by atoms with E-state index in [4.69, 9.17) is 4.74 Å². The van der Waals surface area contributed by atoms with Crippen LogP contribution in [0.3, 0.4) is 0 Å². The van der Waals surface area contributed by atoms with Crippen LogP contribution >= 0.6 is 0 Å². The van der Waals surface area contributed by atoms with E-state index in [1.165, 1.54) is 7.11 Å². The van der Waals surface area contributed by atoms with Crippen LogP contribution in [0.1, 0.15) is 24.8 Å². The minimum Gasteiger partial charge on any atom is -0.504 e. The third-order valence-corrected chi connectivity index (χ3v) is 4.01. The first kappa shape index (κ1) is 15.6. The lowest BCUT2D eigenvalue weighted by Crippen LogP contribution is -2.33. The monoisotopic (exact) mass is 292 g/mol. The Hall–Kier alpha value is -1.75. The van der Waals surface area contributed by atoms with Crippen LogP contribution in [0.25, 0.3) is 0 Å². The average molecular weight is 292 g/mol. The van der Waals surface area contributed by atoms with Gasteiger partial charge in [-0.05, 0) is 49.5 Å². The van der Waals surface area contributed by atoms with Crippen molar-refractivity contribution in [2.75, 3.05) is 27.2 Å². The van der Waals surface area contributed by atoms with Crippen LogP contribution in [0.2, 0.25) is 0 Å². The lowest BCUT2D eigenvalue weighted by atomic mass is 9.94. The highest BCUT2D eigenvalue weighted by atomic mass is 16.5. The number of phenolic OH excluding ortho intramolecular Hbond substituents is 1. The molecule has 1 fully saturated rings. The van der Waals surface area contributed by atoms with Crippen LogP contribution in [0.5, 0.6) is 11.5 Å². The molecule has 1 amide bonds. The first-order valence-corrected chi connectivity index (χ1v) is 7.40. The van der Waals surface area contributed by atoms with Crippen LogP contribution in [0.15, 0.2) is 18.2 Å². The van der Waals surface area contributed by atoms with Gasteiger partial charge in [0.2, 0.25) is 5.91 Å². The molecule has 1 aliphatic heterocycles. The number of methoxy groups -OCH3 is 1. The number of piperidine rings is 1. The summed E-state index contributed by atoms with van der Waals surface area (Å²) in [4.78, 5) is 14.0. The highest BCUT2D eigenvalue weighted by molar-refractivity contribution is 5.76. The highest BCUT2D eigenvalue weighted by Crippen LogP contribution is 2.27. The SMILES string of the molecule is COc1cc(CN(C)C(=O)CC2CCNCC2)ccc1O. The number of ether oxygens (including phenoxy) is 1. The Bertz CT molecular complexity index is 484. The van der Waals surface area contributed by atoms with Gasteiger partial charge in [-0.15, -0.1) is 0 Å². The predicted molar refractivity (Wildman–Crippen MR) is 81.3 cm³/mol. The number of aromatic hydroxyl groups is 1. The largest absolute Gasteiger partial charge is 0.504 e. The number of carbonyl (C=O) groups is 1. The number of nitrogens with zero attached hydrogens (tertiary/aromatic N) is 1. The van der Waals surface area contributed by atoms with Gasteiger partial charge in [0.25, 0.3) is 0 Å². The van der Waals surface area contributed by atoms with Gasteiger partial charge in [0, 0.05) is 20.0 Å². The second kappa shape index (κ2) is 7.31. The van der Waals surface area contributed by atoms with Crippen molar-refractivity contribution in [1.82, 2.24) is 10.2 Å². The quantitative estimate of drug-likeness (QED) is 0.868. The van der Waals surface area contributed by atoms with E-state index in [0.29, 0.717) is 24.6 Å². The fourth-order valence-electron chi connectivity index (χ4n) is 2.67. The minimum atomic E-state index is 0.116. The Morgan fingerprint density at radius 3 is 2.81 bits per heavy atom. The molecule has 0 radical (unpaired) electrons. The van der Waals surface area contributed by atoms with Crippen LogP contribution < -0.4 is 10.1 Å². The van der Waals surface area contributed by atoms with Gasteiger partial charge in [0.15, 0.2) is 11.5 Å². The van der Waals surface area contributed by atoms with Crippen molar-refractivity contribution < 1.29 is 14.6 Å². The molecule has 0 aromatic heterocycles. The van der Waals surface area contributed by atoms with Gasteiger partial charge in [0.05, 0.1) is 7.11 Å². The first-order valence-electron chi connectivity index (χ1n) is 7.40. The summed E-state index contributed by atoms with van der Waals surface area (Å²) in [5, 5.41) is 12.9. The smallest absolute Gasteiger partial charge is 0.222 e. The number of hydrogen-bond donors (Lipinski definition) is 2. The van der Waals surface area contributed by atoms with E-state index in [1.54, 1.807) is 17.0 Å². The van der Waals surface area contributed by atoms with E-state index in [1.807, 2.05) is 13.1 Å². The average Bonchev–Trinajstić information content (AvgIpc) is 2.50. The summed E-state index contributed by atoms with van der Waals surface area (Å²) in [6.45, 7) is 2.55. The van der Waals surface area contributed by atoms with Crippen LogP contribution in [0, 0.1) is 5.92 Å². The topological polar surface area (TPSA) is 61.8 Å². The summed E-state index contributed by atoms with van der Waals surface area (Å²) in [7, 11) is 3.34. The Morgan fingerprint density at radius 2 is 2.14 bits per heavy atom. The van der Waals surface area contributed by atoms with Gasteiger partial charge in [-0.2, -0.15) is 0 Å². The van der Waals surface area contributed by atoms with E-state index in [0.717, 1.165) is 31.5 Å². The van der Waals surface area contributed by atoms with Crippen molar-refractivity contribution in [2.45, 2.75) is 25.8 Å².